The van der Waals surface area contributed by atoms with Crippen LogP contribution in [0.1, 0.15) is 5.56 Å². The normalized spacial score (nSPS) is 18.1. The van der Waals surface area contributed by atoms with Crippen molar-refractivity contribution in [3.63, 3.8) is 0 Å². The van der Waals surface area contributed by atoms with Gasteiger partial charge in [-0.1, -0.05) is 6.07 Å². The second kappa shape index (κ2) is 3.55. The van der Waals surface area contributed by atoms with Gasteiger partial charge in [-0.25, -0.2) is 4.39 Å². The molecular formula is C10H13FN2O. The molecule has 0 bridgehead atoms. The average Bonchev–Trinajstić information content (AvgIpc) is 2.09. The summed E-state index contributed by atoms with van der Waals surface area (Å²) in [6, 6.07) is 4.69. The highest BCUT2D eigenvalue weighted by Crippen LogP contribution is 2.19. The van der Waals surface area contributed by atoms with E-state index in [0.29, 0.717) is 0 Å². The number of likely N-dealkylation sites (tertiary alicyclic amines) is 1. The Bertz CT molecular complexity index is 337. The lowest BCUT2D eigenvalue weighted by atomic mass is 10.1. The molecule has 2 rings (SSSR count). The maximum Gasteiger partial charge on any atom is 0.164 e. The van der Waals surface area contributed by atoms with Gasteiger partial charge < -0.3 is 10.8 Å². The molecule has 4 heteroatoms. The number of aromatic hydroxyl groups is 1. The van der Waals surface area contributed by atoms with Crippen LogP contribution in [-0.4, -0.2) is 29.1 Å². The first-order valence-corrected chi connectivity index (χ1v) is 4.60. The third-order valence-electron chi connectivity index (χ3n) is 2.40. The number of nitrogens with two attached hydrogens (primary N) is 1. The van der Waals surface area contributed by atoms with Gasteiger partial charge in [-0.15, -0.1) is 0 Å². The highest BCUT2D eigenvalue weighted by atomic mass is 19.1. The number of hydrogen-bond acceptors (Lipinski definition) is 3. The summed E-state index contributed by atoms with van der Waals surface area (Å²) in [6.07, 6.45) is 0. The molecule has 3 nitrogen and oxygen atoms in total. The Labute approximate surface area is 81.9 Å². The maximum absolute atomic E-state index is 12.7. The summed E-state index contributed by atoms with van der Waals surface area (Å²) in [6.45, 7) is 2.47. The van der Waals surface area contributed by atoms with Gasteiger partial charge in [0.1, 0.15) is 0 Å². The molecule has 0 atom stereocenters. The zero-order chi connectivity index (χ0) is 10.1. The van der Waals surface area contributed by atoms with E-state index in [9.17, 15) is 4.39 Å². The lowest BCUT2D eigenvalue weighted by Crippen LogP contribution is -2.54. The van der Waals surface area contributed by atoms with Crippen molar-refractivity contribution in [3.05, 3.63) is 29.6 Å². The molecule has 1 saturated heterocycles. The van der Waals surface area contributed by atoms with Gasteiger partial charge in [-0.3, -0.25) is 4.90 Å². The van der Waals surface area contributed by atoms with Crippen LogP contribution in [0, 0.1) is 5.82 Å². The van der Waals surface area contributed by atoms with Gasteiger partial charge in [0.25, 0.3) is 0 Å². The fraction of sp³-hybridized carbons (Fsp3) is 0.400. The van der Waals surface area contributed by atoms with E-state index in [4.69, 9.17) is 10.8 Å². The Kier molecular flexibility index (Phi) is 2.39. The molecule has 1 aliphatic heterocycles. The van der Waals surface area contributed by atoms with Crippen molar-refractivity contribution in [1.29, 1.82) is 0 Å². The minimum absolute atomic E-state index is 0.268. The van der Waals surface area contributed by atoms with Gasteiger partial charge >= 0.3 is 0 Å². The first-order valence-electron chi connectivity index (χ1n) is 4.60. The van der Waals surface area contributed by atoms with Crippen molar-refractivity contribution in [2.45, 2.75) is 12.6 Å². The summed E-state index contributed by atoms with van der Waals surface area (Å²) in [5, 5.41) is 9.14. The zero-order valence-electron chi connectivity index (χ0n) is 7.78. The van der Waals surface area contributed by atoms with Crippen LogP contribution < -0.4 is 5.73 Å². The molecule has 76 valence electrons. The summed E-state index contributed by atoms with van der Waals surface area (Å²) in [7, 11) is 0. The molecule has 0 amide bonds. The fourth-order valence-corrected chi connectivity index (χ4v) is 1.65. The molecule has 0 saturated carbocycles. The van der Waals surface area contributed by atoms with E-state index in [-0.39, 0.29) is 11.8 Å². The van der Waals surface area contributed by atoms with E-state index in [0.717, 1.165) is 25.2 Å². The van der Waals surface area contributed by atoms with Crippen LogP contribution in [0.15, 0.2) is 18.2 Å². The van der Waals surface area contributed by atoms with Crippen LogP contribution in [0.3, 0.4) is 0 Å². The van der Waals surface area contributed by atoms with E-state index >= 15 is 0 Å². The first-order chi connectivity index (χ1) is 6.65. The number of hydrogen-bond donors (Lipinski definition) is 2. The smallest absolute Gasteiger partial charge is 0.164 e. The molecular weight excluding hydrogens is 183 g/mol. The zero-order valence-corrected chi connectivity index (χ0v) is 7.78. The lowest BCUT2D eigenvalue weighted by Gasteiger charge is -2.36. The predicted molar refractivity (Wildman–Crippen MR) is 51.3 cm³/mol. The van der Waals surface area contributed by atoms with E-state index < -0.39 is 5.82 Å². The Morgan fingerprint density at radius 3 is 2.79 bits per heavy atom. The highest BCUT2D eigenvalue weighted by molar-refractivity contribution is 5.29. The van der Waals surface area contributed by atoms with Crippen LogP contribution in [0.4, 0.5) is 4.39 Å². The largest absolute Gasteiger partial charge is 0.505 e. The second-order valence-electron chi connectivity index (χ2n) is 3.74. The molecule has 1 heterocycles. The van der Waals surface area contributed by atoms with Gasteiger partial charge in [0.05, 0.1) is 0 Å². The first kappa shape index (κ1) is 9.43. The minimum Gasteiger partial charge on any atom is -0.505 e. The number of phenolic OH excluding ortho intramolecular Hbond substituents is 1. The number of halogens is 1. The van der Waals surface area contributed by atoms with E-state index in [1.54, 1.807) is 6.07 Å². The topological polar surface area (TPSA) is 49.5 Å². The molecule has 0 aliphatic carbocycles. The lowest BCUT2D eigenvalue weighted by molar-refractivity contribution is 0.142. The van der Waals surface area contributed by atoms with Crippen molar-refractivity contribution >= 4 is 0 Å². The quantitative estimate of drug-likeness (QED) is 0.731. The standard InChI is InChI=1S/C10H13FN2O/c11-9-2-1-7(3-10(9)14)4-13-5-8(12)6-13/h1-3,8,14H,4-6,12H2. The Hall–Kier alpha value is -1.13. The molecule has 3 N–H and O–H groups in total. The van der Waals surface area contributed by atoms with Gasteiger partial charge in [-0.2, -0.15) is 0 Å². The minimum atomic E-state index is -0.575. The van der Waals surface area contributed by atoms with Crippen molar-refractivity contribution in [1.82, 2.24) is 4.90 Å². The molecule has 0 radical (unpaired) electrons. The summed E-state index contributed by atoms with van der Waals surface area (Å²) < 4.78 is 12.7. The van der Waals surface area contributed by atoms with Crippen LogP contribution >= 0.6 is 0 Å². The molecule has 0 spiro atoms. The highest BCUT2D eigenvalue weighted by Gasteiger charge is 2.22. The van der Waals surface area contributed by atoms with E-state index in [1.807, 2.05) is 0 Å². The molecule has 0 aromatic heterocycles. The van der Waals surface area contributed by atoms with Crippen molar-refractivity contribution in [3.8, 4) is 5.75 Å². The fourth-order valence-electron chi connectivity index (χ4n) is 1.65. The molecule has 14 heavy (non-hydrogen) atoms. The van der Waals surface area contributed by atoms with Crippen LogP contribution in [0.25, 0.3) is 0 Å². The number of rotatable bonds is 2. The Balaban J connectivity index is 2.00. The van der Waals surface area contributed by atoms with Crippen molar-refractivity contribution in [2.75, 3.05) is 13.1 Å². The third-order valence-corrected chi connectivity index (χ3v) is 2.40. The second-order valence-corrected chi connectivity index (χ2v) is 3.74. The number of benzene rings is 1. The monoisotopic (exact) mass is 196 g/mol. The van der Waals surface area contributed by atoms with Gasteiger partial charge in [0.15, 0.2) is 11.6 Å². The Morgan fingerprint density at radius 1 is 1.50 bits per heavy atom. The van der Waals surface area contributed by atoms with Crippen LogP contribution in [0.2, 0.25) is 0 Å². The maximum atomic E-state index is 12.7. The van der Waals surface area contributed by atoms with Crippen LogP contribution in [0.5, 0.6) is 5.75 Å². The van der Waals surface area contributed by atoms with Crippen molar-refractivity contribution < 1.29 is 9.50 Å². The molecule has 1 fully saturated rings. The average molecular weight is 196 g/mol. The summed E-state index contributed by atoms with van der Waals surface area (Å²) in [5.41, 5.74) is 6.54. The third kappa shape index (κ3) is 1.86. The van der Waals surface area contributed by atoms with E-state index in [2.05, 4.69) is 4.90 Å². The summed E-state index contributed by atoms with van der Waals surface area (Å²) >= 11 is 0. The predicted octanol–water partition coefficient (Wildman–Crippen LogP) is 0.674. The van der Waals surface area contributed by atoms with E-state index in [1.165, 1.54) is 12.1 Å². The van der Waals surface area contributed by atoms with Gasteiger partial charge in [0, 0.05) is 25.7 Å². The SMILES string of the molecule is NC1CN(Cc2ccc(F)c(O)c2)C1. The summed E-state index contributed by atoms with van der Waals surface area (Å²) in [4.78, 5) is 2.15. The van der Waals surface area contributed by atoms with Gasteiger partial charge in [0.2, 0.25) is 0 Å². The summed E-state index contributed by atoms with van der Waals surface area (Å²) in [5.74, 6) is -0.860. The van der Waals surface area contributed by atoms with Crippen LogP contribution in [-0.2, 0) is 6.54 Å². The van der Waals surface area contributed by atoms with Gasteiger partial charge in [-0.05, 0) is 17.7 Å². The number of phenols is 1. The molecule has 1 aromatic carbocycles. The Morgan fingerprint density at radius 2 is 2.21 bits per heavy atom. The van der Waals surface area contributed by atoms with Crippen molar-refractivity contribution in [2.24, 2.45) is 5.73 Å². The molecule has 0 unspecified atom stereocenters. The number of nitrogens with zero attached hydrogens (tertiary/aromatic N) is 1. The molecule has 1 aliphatic rings. The molecule has 1 aromatic rings.